The zero-order valence-corrected chi connectivity index (χ0v) is 12.8. The highest BCUT2D eigenvalue weighted by Gasteiger charge is 2.39. The number of rotatable bonds is 6. The van der Waals surface area contributed by atoms with Gasteiger partial charge in [0.05, 0.1) is 5.69 Å². The lowest BCUT2D eigenvalue weighted by Crippen LogP contribution is -2.34. The second-order valence-electron chi connectivity index (χ2n) is 5.01. The molecule has 1 fully saturated rings. The number of benzene rings is 1. The Labute approximate surface area is 123 Å². The van der Waals surface area contributed by atoms with E-state index >= 15 is 0 Å². The Morgan fingerprint density at radius 2 is 2.10 bits per heavy atom. The van der Waals surface area contributed by atoms with Crippen LogP contribution in [-0.2, 0) is 10.0 Å². The van der Waals surface area contributed by atoms with Gasteiger partial charge >= 0.3 is 0 Å². The molecular weight excluding hydrogens is 303 g/mol. The zero-order chi connectivity index (χ0) is 14.9. The molecule has 0 unspecified atom stereocenters. The third kappa shape index (κ3) is 3.07. The lowest BCUT2D eigenvalue weighted by atomic mass is 10.3. The van der Waals surface area contributed by atoms with Gasteiger partial charge in [-0.3, -0.25) is 0 Å². The smallest absolute Gasteiger partial charge is 0.246 e. The number of anilines is 1. The fourth-order valence-corrected chi connectivity index (χ4v) is 4.21. The van der Waals surface area contributed by atoms with Crippen molar-refractivity contribution >= 4 is 27.3 Å². The summed E-state index contributed by atoms with van der Waals surface area (Å²) in [5.41, 5.74) is 5.22. The van der Waals surface area contributed by atoms with Gasteiger partial charge in [0.2, 0.25) is 10.0 Å². The van der Waals surface area contributed by atoms with Crippen LogP contribution in [0.2, 0.25) is 5.02 Å². The van der Waals surface area contributed by atoms with Crippen molar-refractivity contribution in [2.24, 2.45) is 0 Å². The molecule has 20 heavy (non-hydrogen) atoms. The Hall–Kier alpha value is -0.850. The van der Waals surface area contributed by atoms with Crippen LogP contribution in [0.25, 0.3) is 0 Å². The van der Waals surface area contributed by atoms with Crippen molar-refractivity contribution in [1.82, 2.24) is 4.31 Å². The van der Waals surface area contributed by atoms with Crippen molar-refractivity contribution in [3.63, 3.8) is 0 Å². The van der Waals surface area contributed by atoms with Gasteiger partial charge in [0, 0.05) is 17.6 Å². The Kier molecular flexibility index (Phi) is 4.56. The van der Waals surface area contributed by atoms with Gasteiger partial charge in [0.1, 0.15) is 4.90 Å². The molecule has 0 amide bonds. The van der Waals surface area contributed by atoms with Gasteiger partial charge in [-0.2, -0.15) is 4.31 Å². The van der Waals surface area contributed by atoms with E-state index < -0.39 is 20.7 Å². The molecule has 4 nitrogen and oxygen atoms in total. The van der Waals surface area contributed by atoms with Crippen LogP contribution in [0.15, 0.2) is 17.0 Å². The van der Waals surface area contributed by atoms with E-state index in [-0.39, 0.29) is 16.8 Å². The summed E-state index contributed by atoms with van der Waals surface area (Å²) in [6, 6.07) is 2.32. The van der Waals surface area contributed by atoms with Crippen molar-refractivity contribution in [2.75, 3.05) is 12.3 Å². The maximum absolute atomic E-state index is 14.1. The third-order valence-electron chi connectivity index (χ3n) is 3.30. The Balaban J connectivity index is 2.42. The monoisotopic (exact) mass is 320 g/mol. The largest absolute Gasteiger partial charge is 0.396 e. The van der Waals surface area contributed by atoms with Crippen LogP contribution in [0.3, 0.4) is 0 Å². The van der Waals surface area contributed by atoms with Crippen LogP contribution >= 0.6 is 11.6 Å². The van der Waals surface area contributed by atoms with Crippen LogP contribution in [0, 0.1) is 5.82 Å². The Morgan fingerprint density at radius 1 is 1.45 bits per heavy atom. The number of nitrogen functional groups attached to an aromatic ring is 1. The van der Waals surface area contributed by atoms with Crippen LogP contribution < -0.4 is 5.73 Å². The molecule has 1 aromatic rings. The number of sulfonamides is 1. The number of halogens is 2. The van der Waals surface area contributed by atoms with Crippen LogP contribution in [0.4, 0.5) is 10.1 Å². The molecule has 0 saturated heterocycles. The fraction of sp³-hybridized carbons (Fsp3) is 0.538. The van der Waals surface area contributed by atoms with Crippen LogP contribution in [-0.4, -0.2) is 25.3 Å². The second kappa shape index (κ2) is 5.87. The van der Waals surface area contributed by atoms with Crippen molar-refractivity contribution in [3.8, 4) is 0 Å². The van der Waals surface area contributed by atoms with E-state index in [9.17, 15) is 12.8 Å². The van der Waals surface area contributed by atoms with Crippen molar-refractivity contribution < 1.29 is 12.8 Å². The number of hydrogen-bond donors (Lipinski definition) is 1. The van der Waals surface area contributed by atoms with Crippen molar-refractivity contribution in [1.29, 1.82) is 0 Å². The number of hydrogen-bond acceptors (Lipinski definition) is 3. The highest BCUT2D eigenvalue weighted by molar-refractivity contribution is 7.89. The van der Waals surface area contributed by atoms with Gasteiger partial charge in [-0.15, -0.1) is 0 Å². The molecule has 0 aromatic heterocycles. The van der Waals surface area contributed by atoms with E-state index in [4.69, 9.17) is 17.3 Å². The summed E-state index contributed by atoms with van der Waals surface area (Å²) >= 11 is 5.80. The molecule has 0 aliphatic heterocycles. The minimum absolute atomic E-state index is 0.0221. The van der Waals surface area contributed by atoms with E-state index in [0.29, 0.717) is 6.54 Å². The first-order valence-corrected chi connectivity index (χ1v) is 8.46. The number of nitrogens with zero attached hydrogens (tertiary/aromatic N) is 1. The quantitative estimate of drug-likeness (QED) is 0.819. The lowest BCUT2D eigenvalue weighted by molar-refractivity contribution is 0.393. The second-order valence-corrected chi connectivity index (χ2v) is 7.30. The maximum atomic E-state index is 14.1. The molecule has 1 saturated carbocycles. The first-order valence-electron chi connectivity index (χ1n) is 6.64. The van der Waals surface area contributed by atoms with E-state index in [2.05, 4.69) is 0 Å². The summed E-state index contributed by atoms with van der Waals surface area (Å²) in [6.45, 7) is 2.38. The maximum Gasteiger partial charge on any atom is 0.246 e. The molecule has 1 aromatic carbocycles. The van der Waals surface area contributed by atoms with Gasteiger partial charge in [-0.25, -0.2) is 12.8 Å². The highest BCUT2D eigenvalue weighted by atomic mass is 35.5. The molecule has 7 heteroatoms. The average Bonchev–Trinajstić information content (AvgIpc) is 3.18. The summed E-state index contributed by atoms with van der Waals surface area (Å²) in [7, 11) is -3.89. The summed E-state index contributed by atoms with van der Waals surface area (Å²) in [6.07, 6.45) is 3.26. The molecule has 0 atom stereocenters. The van der Waals surface area contributed by atoms with E-state index in [1.54, 1.807) is 0 Å². The first-order chi connectivity index (χ1) is 9.37. The molecule has 1 aliphatic carbocycles. The molecule has 2 rings (SSSR count). The minimum atomic E-state index is -3.89. The van der Waals surface area contributed by atoms with Crippen LogP contribution in [0.1, 0.15) is 32.6 Å². The molecule has 2 N–H and O–H groups in total. The molecule has 112 valence electrons. The number of nitrogens with two attached hydrogens (primary N) is 1. The molecule has 0 spiro atoms. The predicted octanol–water partition coefficient (Wildman–Crippen LogP) is 3.01. The number of unbranched alkanes of at least 4 members (excludes halogenated alkanes) is 1. The van der Waals surface area contributed by atoms with E-state index in [1.165, 1.54) is 10.4 Å². The Morgan fingerprint density at radius 3 is 2.65 bits per heavy atom. The molecule has 0 heterocycles. The first kappa shape index (κ1) is 15.5. The third-order valence-corrected chi connectivity index (χ3v) is 5.47. The summed E-state index contributed by atoms with van der Waals surface area (Å²) in [4.78, 5) is -0.425. The molecule has 0 bridgehead atoms. The van der Waals surface area contributed by atoms with Gasteiger partial charge in [0.15, 0.2) is 5.82 Å². The average molecular weight is 321 g/mol. The molecule has 0 radical (unpaired) electrons. The molecular formula is C13H18ClFN2O2S. The SMILES string of the molecule is CCCCN(C1CC1)S(=O)(=O)c1cc(Cl)cc(N)c1F. The Bertz CT molecular complexity index is 603. The van der Waals surface area contributed by atoms with Crippen molar-refractivity contribution in [3.05, 3.63) is 23.0 Å². The minimum Gasteiger partial charge on any atom is -0.396 e. The summed E-state index contributed by atoms with van der Waals surface area (Å²) in [5.74, 6) is -0.920. The normalized spacial score (nSPS) is 15.8. The van der Waals surface area contributed by atoms with Gasteiger partial charge in [0.25, 0.3) is 0 Å². The van der Waals surface area contributed by atoms with Crippen molar-refractivity contribution in [2.45, 2.75) is 43.5 Å². The highest BCUT2D eigenvalue weighted by Crippen LogP contribution is 2.35. The molecule has 1 aliphatic rings. The van der Waals surface area contributed by atoms with Crippen LogP contribution in [0.5, 0.6) is 0 Å². The standard InChI is InChI=1S/C13H18ClFN2O2S/c1-2-3-6-17(10-4-5-10)20(18,19)12-8-9(14)7-11(16)13(12)15/h7-8,10H,2-6,16H2,1H3. The van der Waals surface area contributed by atoms with Gasteiger partial charge in [-0.05, 0) is 31.4 Å². The van der Waals surface area contributed by atoms with E-state index in [1.807, 2.05) is 6.92 Å². The summed E-state index contributed by atoms with van der Waals surface area (Å²) < 4.78 is 40.7. The van der Waals surface area contributed by atoms with E-state index in [0.717, 1.165) is 31.7 Å². The lowest BCUT2D eigenvalue weighted by Gasteiger charge is -2.22. The fourth-order valence-electron chi connectivity index (χ4n) is 2.07. The summed E-state index contributed by atoms with van der Waals surface area (Å²) in [5, 5.41) is 0.119. The zero-order valence-electron chi connectivity index (χ0n) is 11.3. The topological polar surface area (TPSA) is 63.4 Å². The predicted molar refractivity (Wildman–Crippen MR) is 77.6 cm³/mol. The van der Waals surface area contributed by atoms with Gasteiger partial charge in [-0.1, -0.05) is 24.9 Å². The van der Waals surface area contributed by atoms with Gasteiger partial charge < -0.3 is 5.73 Å².